The SMILES string of the molecule is COc1ccc2ccnc(S(=O)(=O)CC(C)CCl)c2c1. The summed E-state index contributed by atoms with van der Waals surface area (Å²) in [4.78, 5) is 4.05. The van der Waals surface area contributed by atoms with Gasteiger partial charge >= 0.3 is 0 Å². The number of ether oxygens (including phenoxy) is 1. The van der Waals surface area contributed by atoms with Crippen molar-refractivity contribution in [1.29, 1.82) is 0 Å². The molecule has 108 valence electrons. The van der Waals surface area contributed by atoms with E-state index in [0.717, 1.165) is 5.39 Å². The van der Waals surface area contributed by atoms with Gasteiger partial charge in [-0.15, -0.1) is 11.6 Å². The van der Waals surface area contributed by atoms with Gasteiger partial charge in [-0.05, 0) is 29.5 Å². The van der Waals surface area contributed by atoms with Crippen LogP contribution < -0.4 is 4.74 Å². The number of fused-ring (bicyclic) bond motifs is 1. The fourth-order valence-electron chi connectivity index (χ4n) is 1.99. The smallest absolute Gasteiger partial charge is 0.196 e. The maximum atomic E-state index is 12.5. The van der Waals surface area contributed by atoms with E-state index in [1.54, 1.807) is 32.2 Å². The first kappa shape index (κ1) is 15.1. The lowest BCUT2D eigenvalue weighted by atomic mass is 10.2. The zero-order valence-electron chi connectivity index (χ0n) is 11.3. The summed E-state index contributed by atoms with van der Waals surface area (Å²) < 4.78 is 30.1. The van der Waals surface area contributed by atoms with Crippen LogP contribution in [0.4, 0.5) is 0 Å². The number of rotatable bonds is 5. The molecule has 0 N–H and O–H groups in total. The van der Waals surface area contributed by atoms with E-state index in [1.807, 2.05) is 6.07 Å². The molecule has 1 aromatic carbocycles. The number of aromatic nitrogens is 1. The first-order valence-corrected chi connectivity index (χ1v) is 8.38. The summed E-state index contributed by atoms with van der Waals surface area (Å²) in [5, 5.41) is 1.48. The van der Waals surface area contributed by atoms with Crippen molar-refractivity contribution in [2.45, 2.75) is 11.9 Å². The number of sulfone groups is 1. The molecule has 1 heterocycles. The van der Waals surface area contributed by atoms with Crippen LogP contribution in [0.2, 0.25) is 0 Å². The second-order valence-corrected chi connectivity index (χ2v) is 7.00. The summed E-state index contributed by atoms with van der Waals surface area (Å²) in [6.45, 7) is 1.80. The molecule has 6 heteroatoms. The van der Waals surface area contributed by atoms with E-state index >= 15 is 0 Å². The lowest BCUT2D eigenvalue weighted by Gasteiger charge is -2.11. The van der Waals surface area contributed by atoms with Crippen molar-refractivity contribution < 1.29 is 13.2 Å². The standard InChI is InChI=1S/C14H16ClNO3S/c1-10(8-15)9-20(17,18)14-13-7-12(19-2)4-3-11(13)5-6-16-14/h3-7,10H,8-9H2,1-2H3. The van der Waals surface area contributed by atoms with Crippen LogP contribution in [0.3, 0.4) is 0 Å². The predicted molar refractivity (Wildman–Crippen MR) is 80.2 cm³/mol. The Morgan fingerprint density at radius 2 is 2.10 bits per heavy atom. The fraction of sp³-hybridized carbons (Fsp3) is 0.357. The van der Waals surface area contributed by atoms with Crippen LogP contribution in [0.1, 0.15) is 6.92 Å². The van der Waals surface area contributed by atoms with Gasteiger partial charge in [0, 0.05) is 17.5 Å². The molecule has 0 aliphatic carbocycles. The number of nitrogens with zero attached hydrogens (tertiary/aromatic N) is 1. The molecule has 1 atom stereocenters. The second kappa shape index (κ2) is 5.97. The van der Waals surface area contributed by atoms with Gasteiger partial charge in [0.15, 0.2) is 14.9 Å². The number of pyridine rings is 1. The van der Waals surface area contributed by atoms with E-state index in [2.05, 4.69) is 4.98 Å². The van der Waals surface area contributed by atoms with Gasteiger partial charge in [-0.1, -0.05) is 13.0 Å². The van der Waals surface area contributed by atoms with Crippen molar-refractivity contribution >= 4 is 32.2 Å². The van der Waals surface area contributed by atoms with E-state index < -0.39 is 9.84 Å². The lowest BCUT2D eigenvalue weighted by molar-refractivity contribution is 0.415. The molecular weight excluding hydrogens is 298 g/mol. The highest BCUT2D eigenvalue weighted by molar-refractivity contribution is 7.91. The quantitative estimate of drug-likeness (QED) is 0.796. The average Bonchev–Trinajstić information content (AvgIpc) is 2.45. The number of hydrogen-bond donors (Lipinski definition) is 0. The van der Waals surface area contributed by atoms with Crippen LogP contribution in [0.25, 0.3) is 10.8 Å². The first-order valence-electron chi connectivity index (χ1n) is 6.19. The number of alkyl halides is 1. The molecule has 4 nitrogen and oxygen atoms in total. The molecule has 2 rings (SSSR count). The third-order valence-electron chi connectivity index (χ3n) is 3.00. The summed E-state index contributed by atoms with van der Waals surface area (Å²) in [6.07, 6.45) is 1.51. The third-order valence-corrected chi connectivity index (χ3v) is 5.45. The lowest BCUT2D eigenvalue weighted by Crippen LogP contribution is -2.16. The van der Waals surface area contributed by atoms with Crippen LogP contribution in [0.5, 0.6) is 5.75 Å². The minimum Gasteiger partial charge on any atom is -0.497 e. The van der Waals surface area contributed by atoms with Crippen molar-refractivity contribution in [2.24, 2.45) is 5.92 Å². The molecule has 0 amide bonds. The number of methoxy groups -OCH3 is 1. The highest BCUT2D eigenvalue weighted by Gasteiger charge is 2.22. The van der Waals surface area contributed by atoms with Gasteiger partial charge in [0.05, 0.1) is 12.9 Å². The first-order chi connectivity index (χ1) is 9.47. The average molecular weight is 314 g/mol. The third kappa shape index (κ3) is 3.04. The van der Waals surface area contributed by atoms with Gasteiger partial charge < -0.3 is 4.74 Å². The Morgan fingerprint density at radius 3 is 2.75 bits per heavy atom. The summed E-state index contributed by atoms with van der Waals surface area (Å²) in [5.74, 6) is 0.768. The molecule has 0 fully saturated rings. The summed E-state index contributed by atoms with van der Waals surface area (Å²) in [6, 6.07) is 7.08. The van der Waals surface area contributed by atoms with E-state index in [0.29, 0.717) is 17.0 Å². The van der Waals surface area contributed by atoms with Gasteiger partial charge in [-0.2, -0.15) is 0 Å². The van der Waals surface area contributed by atoms with Crippen molar-refractivity contribution in [2.75, 3.05) is 18.7 Å². The number of benzene rings is 1. The minimum atomic E-state index is -3.47. The molecule has 0 saturated heterocycles. The summed E-state index contributed by atoms with van der Waals surface area (Å²) in [7, 11) is -1.93. The van der Waals surface area contributed by atoms with Gasteiger partial charge in [-0.3, -0.25) is 0 Å². The molecule has 0 spiro atoms. The summed E-state index contributed by atoms with van der Waals surface area (Å²) in [5.41, 5.74) is 0. The monoisotopic (exact) mass is 313 g/mol. The second-order valence-electron chi connectivity index (χ2n) is 4.74. The van der Waals surface area contributed by atoms with Gasteiger partial charge in [0.25, 0.3) is 0 Å². The Labute approximate surface area is 123 Å². The molecule has 20 heavy (non-hydrogen) atoms. The van der Waals surface area contributed by atoms with Crippen LogP contribution in [-0.4, -0.2) is 32.1 Å². The Hall–Kier alpha value is -1.33. The van der Waals surface area contributed by atoms with E-state index in [-0.39, 0.29) is 16.7 Å². The molecule has 0 bridgehead atoms. The predicted octanol–water partition coefficient (Wildman–Crippen LogP) is 2.89. The van der Waals surface area contributed by atoms with Gasteiger partial charge in [-0.25, -0.2) is 13.4 Å². The van der Waals surface area contributed by atoms with Crippen molar-refractivity contribution in [3.05, 3.63) is 30.5 Å². The topological polar surface area (TPSA) is 56.3 Å². The fourth-order valence-corrected chi connectivity index (χ4v) is 3.99. The summed E-state index contributed by atoms with van der Waals surface area (Å²) >= 11 is 5.71. The van der Waals surface area contributed by atoms with Gasteiger partial charge in [0.2, 0.25) is 0 Å². The Bertz CT molecular complexity index is 715. The van der Waals surface area contributed by atoms with Crippen LogP contribution >= 0.6 is 11.6 Å². The minimum absolute atomic E-state index is 0.0141. The van der Waals surface area contributed by atoms with E-state index in [4.69, 9.17) is 16.3 Å². The number of hydrogen-bond acceptors (Lipinski definition) is 4. The molecule has 1 aromatic heterocycles. The highest BCUT2D eigenvalue weighted by Crippen LogP contribution is 2.26. The van der Waals surface area contributed by atoms with Gasteiger partial charge in [0.1, 0.15) is 5.75 Å². The van der Waals surface area contributed by atoms with Crippen LogP contribution in [0, 0.1) is 5.92 Å². The zero-order chi connectivity index (χ0) is 14.8. The highest BCUT2D eigenvalue weighted by atomic mass is 35.5. The maximum Gasteiger partial charge on any atom is 0.196 e. The van der Waals surface area contributed by atoms with Crippen molar-refractivity contribution in [1.82, 2.24) is 4.98 Å². The molecule has 0 aliphatic heterocycles. The van der Waals surface area contributed by atoms with Crippen molar-refractivity contribution in [3.8, 4) is 5.75 Å². The van der Waals surface area contributed by atoms with E-state index in [9.17, 15) is 8.42 Å². The maximum absolute atomic E-state index is 12.5. The molecular formula is C14H16ClNO3S. The Kier molecular flexibility index (Phi) is 4.50. The van der Waals surface area contributed by atoms with Crippen LogP contribution in [0.15, 0.2) is 35.5 Å². The molecule has 0 radical (unpaired) electrons. The molecule has 2 aromatic rings. The van der Waals surface area contributed by atoms with Crippen molar-refractivity contribution in [3.63, 3.8) is 0 Å². The molecule has 0 saturated carbocycles. The molecule has 1 unspecified atom stereocenters. The Morgan fingerprint density at radius 1 is 1.35 bits per heavy atom. The largest absolute Gasteiger partial charge is 0.497 e. The van der Waals surface area contributed by atoms with Crippen LogP contribution in [-0.2, 0) is 9.84 Å². The van der Waals surface area contributed by atoms with E-state index in [1.165, 1.54) is 6.20 Å². The molecule has 0 aliphatic rings. The Balaban J connectivity index is 2.58. The normalized spacial score (nSPS) is 13.3. The number of halogens is 1. The zero-order valence-corrected chi connectivity index (χ0v) is 12.9.